The molecule has 1 aliphatic rings. The number of unbranched alkanes of at least 4 members (excludes halogenated alkanes) is 48. The van der Waals surface area contributed by atoms with Crippen molar-refractivity contribution in [1.29, 1.82) is 0 Å². The van der Waals surface area contributed by atoms with Gasteiger partial charge in [0.25, 0.3) is 0 Å². The lowest BCUT2D eigenvalue weighted by molar-refractivity contribution is -0.303. The lowest BCUT2D eigenvalue weighted by atomic mass is 9.98. The van der Waals surface area contributed by atoms with E-state index in [0.717, 1.165) is 38.5 Å². The molecule has 492 valence electrons. The predicted octanol–water partition coefficient (Wildman–Crippen LogP) is 17.6. The molecule has 1 rings (SSSR count). The van der Waals surface area contributed by atoms with E-state index < -0.39 is 74.2 Å². The molecule has 1 amide bonds. The normalized spacial score (nSPS) is 19.1. The summed E-state index contributed by atoms with van der Waals surface area (Å²) in [6.07, 6.45) is 65.6. The highest BCUT2D eigenvalue weighted by molar-refractivity contribution is 5.80. The van der Waals surface area contributed by atoms with Crippen LogP contribution in [0.3, 0.4) is 0 Å². The maximum Gasteiger partial charge on any atom is 0.249 e. The maximum absolute atomic E-state index is 13.3. The molecule has 83 heavy (non-hydrogen) atoms. The van der Waals surface area contributed by atoms with Crippen LogP contribution < -0.4 is 5.32 Å². The first-order valence-corrected chi connectivity index (χ1v) is 36.2. The van der Waals surface area contributed by atoms with Crippen molar-refractivity contribution in [2.75, 3.05) is 13.2 Å². The number of aliphatic hydroxyl groups is 7. The second kappa shape index (κ2) is 60.9. The van der Waals surface area contributed by atoms with Crippen molar-refractivity contribution in [3.8, 4) is 0 Å². The molecule has 9 unspecified atom stereocenters. The predicted molar refractivity (Wildman–Crippen MR) is 349 cm³/mol. The Hall–Kier alpha value is -1.41. The molecule has 0 radical (unpaired) electrons. The minimum absolute atomic E-state index is 0.249. The lowest BCUT2D eigenvalue weighted by Crippen LogP contribution is -2.60. The first-order chi connectivity index (χ1) is 40.7. The van der Waals surface area contributed by atoms with Gasteiger partial charge in [0.2, 0.25) is 5.91 Å². The largest absolute Gasteiger partial charge is 0.394 e. The second-order valence-corrected chi connectivity index (χ2v) is 25.7. The summed E-state index contributed by atoms with van der Waals surface area (Å²) in [6.45, 7) is 3.50. The van der Waals surface area contributed by atoms with Gasteiger partial charge in [-0.3, -0.25) is 4.79 Å². The third-order valence-electron chi connectivity index (χ3n) is 17.7. The third kappa shape index (κ3) is 48.2. The van der Waals surface area contributed by atoms with Gasteiger partial charge in [-0.1, -0.05) is 334 Å². The number of nitrogens with one attached hydrogen (secondary N) is 1. The molecule has 0 aliphatic carbocycles. The maximum atomic E-state index is 13.3. The molecule has 1 saturated heterocycles. The smallest absolute Gasteiger partial charge is 0.249 e. The van der Waals surface area contributed by atoms with Crippen LogP contribution in [0.1, 0.15) is 361 Å². The van der Waals surface area contributed by atoms with E-state index in [4.69, 9.17) is 9.47 Å². The molecule has 0 bridgehead atoms. The van der Waals surface area contributed by atoms with Gasteiger partial charge in [-0.2, -0.15) is 0 Å². The number of hydrogen-bond donors (Lipinski definition) is 8. The fraction of sp³-hybridized carbons (Fsp3) is 0.931. The molecular formula is C72H139NO10. The first-order valence-electron chi connectivity index (χ1n) is 36.2. The first kappa shape index (κ1) is 79.6. The van der Waals surface area contributed by atoms with Crippen LogP contribution in [0.2, 0.25) is 0 Å². The number of ether oxygens (including phenoxy) is 2. The van der Waals surface area contributed by atoms with Crippen molar-refractivity contribution in [3.63, 3.8) is 0 Å². The number of allylic oxidation sites excluding steroid dienone is 4. The molecule has 1 fully saturated rings. The van der Waals surface area contributed by atoms with Crippen LogP contribution in [0.25, 0.3) is 0 Å². The van der Waals surface area contributed by atoms with Gasteiger partial charge in [0.05, 0.1) is 25.4 Å². The topological polar surface area (TPSA) is 189 Å². The van der Waals surface area contributed by atoms with Gasteiger partial charge >= 0.3 is 0 Å². The van der Waals surface area contributed by atoms with Crippen LogP contribution in [0.4, 0.5) is 0 Å². The summed E-state index contributed by atoms with van der Waals surface area (Å²) in [5.74, 6) is -0.703. The Morgan fingerprint density at radius 2 is 0.723 bits per heavy atom. The Balaban J connectivity index is 2.20. The van der Waals surface area contributed by atoms with E-state index in [2.05, 4.69) is 43.5 Å². The number of amides is 1. The van der Waals surface area contributed by atoms with Crippen LogP contribution >= 0.6 is 0 Å². The lowest BCUT2D eigenvalue weighted by Gasteiger charge is -2.40. The van der Waals surface area contributed by atoms with Gasteiger partial charge in [0.15, 0.2) is 6.29 Å². The van der Waals surface area contributed by atoms with Gasteiger partial charge in [-0.15, -0.1) is 0 Å². The number of aliphatic hydroxyl groups excluding tert-OH is 7. The molecule has 8 N–H and O–H groups in total. The van der Waals surface area contributed by atoms with Crippen molar-refractivity contribution in [2.45, 2.75) is 416 Å². The summed E-state index contributed by atoms with van der Waals surface area (Å²) in [5.41, 5.74) is 0. The van der Waals surface area contributed by atoms with E-state index in [1.54, 1.807) is 0 Å². The van der Waals surface area contributed by atoms with Crippen molar-refractivity contribution in [3.05, 3.63) is 24.3 Å². The summed E-state index contributed by atoms with van der Waals surface area (Å²) in [6, 6.07) is -1.19. The zero-order valence-corrected chi connectivity index (χ0v) is 54.5. The summed E-state index contributed by atoms with van der Waals surface area (Å²) in [4.78, 5) is 13.3. The molecule has 0 aromatic carbocycles. The van der Waals surface area contributed by atoms with Gasteiger partial charge in [0.1, 0.15) is 36.6 Å². The number of carbonyl (C=O) groups is 1. The van der Waals surface area contributed by atoms with Gasteiger partial charge in [0, 0.05) is 0 Å². The number of carbonyl (C=O) groups excluding carboxylic acids is 1. The molecule has 11 nitrogen and oxygen atoms in total. The van der Waals surface area contributed by atoms with E-state index in [-0.39, 0.29) is 12.8 Å². The Morgan fingerprint density at radius 3 is 1.07 bits per heavy atom. The molecule has 0 spiro atoms. The van der Waals surface area contributed by atoms with Crippen molar-refractivity contribution in [2.24, 2.45) is 0 Å². The number of hydrogen-bond acceptors (Lipinski definition) is 10. The quantitative estimate of drug-likeness (QED) is 0.0215. The summed E-state index contributed by atoms with van der Waals surface area (Å²) < 4.78 is 11.2. The van der Waals surface area contributed by atoms with Gasteiger partial charge in [-0.05, 0) is 51.4 Å². The molecule has 0 aromatic rings. The summed E-state index contributed by atoms with van der Waals surface area (Å²) in [7, 11) is 0. The zero-order chi connectivity index (χ0) is 60.3. The minimum Gasteiger partial charge on any atom is -0.394 e. The molecule has 0 saturated carbocycles. The third-order valence-corrected chi connectivity index (χ3v) is 17.7. The molecular weight excluding hydrogens is 1040 g/mol. The van der Waals surface area contributed by atoms with Crippen LogP contribution in [0.5, 0.6) is 0 Å². The molecule has 9 atom stereocenters. The highest BCUT2D eigenvalue weighted by Crippen LogP contribution is 2.24. The van der Waals surface area contributed by atoms with Crippen LogP contribution in [0, 0.1) is 0 Å². The standard InChI is InChI=1S/C72H139NO10/c1-3-5-7-9-11-13-15-17-19-21-23-25-27-29-31-32-33-34-36-38-40-42-44-46-48-50-52-54-56-58-60-65(76)71(81)73-63(62-82-72-70(80)69(79)68(78)66(61-74)83-72)67(77)64(75)59-57-55-53-51-49-47-45-43-41-39-37-35-30-28-26-24-22-20-18-16-14-12-10-8-6-4-2/h43,45,51,53,63-70,72,74-80H,3-42,44,46-50,52,54-62H2,1-2H3,(H,73,81)/b45-43+,53-51+. The minimum atomic E-state index is -1.67. The Kier molecular flexibility index (Phi) is 58.4. The molecule has 0 aromatic heterocycles. The van der Waals surface area contributed by atoms with Crippen LogP contribution in [0.15, 0.2) is 24.3 Å². The fourth-order valence-electron chi connectivity index (χ4n) is 11.9. The Labute approximate surface area is 512 Å². The Morgan fingerprint density at radius 1 is 0.410 bits per heavy atom. The van der Waals surface area contributed by atoms with E-state index in [1.807, 2.05) is 0 Å². The zero-order valence-electron chi connectivity index (χ0n) is 54.5. The fourth-order valence-corrected chi connectivity index (χ4v) is 11.9. The van der Waals surface area contributed by atoms with Crippen molar-refractivity contribution in [1.82, 2.24) is 5.32 Å². The van der Waals surface area contributed by atoms with E-state index in [0.29, 0.717) is 19.3 Å². The highest BCUT2D eigenvalue weighted by Gasteiger charge is 2.44. The number of rotatable bonds is 64. The average Bonchev–Trinajstić information content (AvgIpc) is 3.68. The Bertz CT molecular complexity index is 1400. The van der Waals surface area contributed by atoms with Gasteiger partial charge < -0.3 is 50.5 Å². The van der Waals surface area contributed by atoms with E-state index >= 15 is 0 Å². The van der Waals surface area contributed by atoms with Crippen LogP contribution in [-0.2, 0) is 14.3 Å². The van der Waals surface area contributed by atoms with Crippen molar-refractivity contribution < 1.29 is 50.0 Å². The SMILES string of the molecule is CCCCCCCCCCCCCCCCCCC/C=C/CC/C=C/CCCC(O)C(O)C(COC1OC(CO)C(O)C(O)C1O)NC(=O)C(O)CCCCCCCCCCCCCCCCCCCCCCCCCCCCCCCC. The highest BCUT2D eigenvalue weighted by atomic mass is 16.7. The summed E-state index contributed by atoms with van der Waals surface area (Å²) in [5, 5.41) is 76.5. The van der Waals surface area contributed by atoms with E-state index in [1.165, 1.54) is 276 Å². The van der Waals surface area contributed by atoms with E-state index in [9.17, 15) is 40.5 Å². The molecule has 11 heteroatoms. The average molecular weight is 1180 g/mol. The van der Waals surface area contributed by atoms with Crippen molar-refractivity contribution >= 4 is 5.91 Å². The monoisotopic (exact) mass is 1180 g/mol. The second-order valence-electron chi connectivity index (χ2n) is 25.7. The van der Waals surface area contributed by atoms with Crippen LogP contribution in [-0.4, -0.2) is 110 Å². The summed E-state index contributed by atoms with van der Waals surface area (Å²) >= 11 is 0. The molecule has 1 heterocycles. The molecule has 1 aliphatic heterocycles. The van der Waals surface area contributed by atoms with Gasteiger partial charge in [-0.25, -0.2) is 0 Å².